The van der Waals surface area contributed by atoms with Crippen molar-refractivity contribution < 1.29 is 29.0 Å². The first kappa shape index (κ1) is 28.3. The van der Waals surface area contributed by atoms with E-state index in [0.717, 1.165) is 5.56 Å². The first-order valence-corrected chi connectivity index (χ1v) is 16.9. The van der Waals surface area contributed by atoms with E-state index in [-0.39, 0.29) is 34.0 Å². The van der Waals surface area contributed by atoms with E-state index in [2.05, 4.69) is 43.8 Å². The second-order valence-corrected chi connectivity index (χ2v) is 18.0. The molecule has 0 bridgehead atoms. The molecule has 5 heterocycles. The number of amides is 1. The molecule has 0 unspecified atom stereocenters. The van der Waals surface area contributed by atoms with Gasteiger partial charge in [0.15, 0.2) is 8.32 Å². The predicted octanol–water partition coefficient (Wildman–Crippen LogP) is 4.20. The number of hydrogen-bond acceptors (Lipinski definition) is 8. The van der Waals surface area contributed by atoms with E-state index in [1.54, 1.807) is 29.8 Å². The Bertz CT molecular complexity index is 1570. The molecule has 0 saturated carbocycles. The molecule has 1 amide bonds. The van der Waals surface area contributed by atoms with E-state index in [1.165, 1.54) is 28.8 Å². The average Bonchev–Trinajstić information content (AvgIpc) is 3.51. The van der Waals surface area contributed by atoms with Gasteiger partial charge in [0.1, 0.15) is 22.5 Å². The van der Waals surface area contributed by atoms with Gasteiger partial charge in [0.25, 0.3) is 0 Å². The molecule has 40 heavy (non-hydrogen) atoms. The number of ketones is 1. The van der Waals surface area contributed by atoms with Crippen LogP contribution in [0.3, 0.4) is 0 Å². The molecule has 10 nitrogen and oxygen atoms in total. The van der Waals surface area contributed by atoms with Crippen LogP contribution < -0.4 is 0 Å². The zero-order valence-electron chi connectivity index (χ0n) is 23.6. The van der Waals surface area contributed by atoms with Gasteiger partial charge in [-0.05, 0) is 36.7 Å². The number of pyridine rings is 1. The summed E-state index contributed by atoms with van der Waals surface area (Å²) in [6.45, 7) is 14.6. The minimum Gasteiger partial charge on any atom is -0.477 e. The molecule has 212 valence electrons. The number of nitrogens with zero attached hydrogens (tertiary/aromatic N) is 4. The van der Waals surface area contributed by atoms with Crippen LogP contribution in [0.25, 0.3) is 10.4 Å². The lowest BCUT2D eigenvalue weighted by molar-refractivity contribution is -0.163. The third-order valence-electron chi connectivity index (χ3n) is 8.53. The Morgan fingerprint density at radius 3 is 2.58 bits per heavy atom. The molecule has 2 aliphatic heterocycles. The third kappa shape index (κ3) is 4.43. The zero-order valence-corrected chi connectivity index (χ0v) is 25.4. The number of rotatable bonds is 8. The number of carboxylic acid groups (broad SMARTS) is 1. The van der Waals surface area contributed by atoms with E-state index in [1.807, 2.05) is 6.92 Å². The topological polar surface area (TPSA) is 134 Å². The van der Waals surface area contributed by atoms with Gasteiger partial charge in [-0.2, -0.15) is 0 Å². The number of β-lactam (4-membered cyclic amide) rings is 1. The van der Waals surface area contributed by atoms with Crippen molar-refractivity contribution in [2.45, 2.75) is 71.5 Å². The first-order chi connectivity index (χ1) is 18.6. The lowest BCUT2D eigenvalue weighted by atomic mass is 9.77. The number of carbonyl (C=O) groups excluding carboxylic acids is 2. The maximum absolute atomic E-state index is 13.5. The van der Waals surface area contributed by atoms with Crippen molar-refractivity contribution in [3.05, 3.63) is 58.4 Å². The van der Waals surface area contributed by atoms with Crippen molar-refractivity contribution in [3.63, 3.8) is 0 Å². The van der Waals surface area contributed by atoms with Crippen LogP contribution in [-0.2, 0) is 20.6 Å². The van der Waals surface area contributed by atoms with Crippen LogP contribution in [0.5, 0.6) is 0 Å². The Labute approximate surface area is 237 Å². The van der Waals surface area contributed by atoms with Crippen molar-refractivity contribution in [2.24, 2.45) is 11.8 Å². The van der Waals surface area contributed by atoms with Crippen molar-refractivity contribution in [1.82, 2.24) is 19.3 Å². The van der Waals surface area contributed by atoms with Gasteiger partial charge >= 0.3 is 5.97 Å². The SMILES string of the molecule is C[C@@H](O)[C@H]1C(=O)N2C(C(=O)O)=C(c3cn4cnc(C(=O)c5cncc(CO[Si](C)(C)C(C)(C)C)c5)c4s3)[C@H](C)[C@H]12. The molecule has 0 spiro atoms. The summed E-state index contributed by atoms with van der Waals surface area (Å²) in [5.41, 5.74) is 1.89. The van der Waals surface area contributed by atoms with Gasteiger partial charge in [-0.3, -0.25) is 19.0 Å². The maximum atomic E-state index is 13.5. The van der Waals surface area contributed by atoms with Crippen molar-refractivity contribution in [1.29, 1.82) is 0 Å². The summed E-state index contributed by atoms with van der Waals surface area (Å²) >= 11 is 1.26. The summed E-state index contributed by atoms with van der Waals surface area (Å²) < 4.78 is 8.00. The number of aliphatic hydroxyl groups is 1. The number of fused-ring (bicyclic) bond motifs is 2. The second kappa shape index (κ2) is 9.72. The average molecular weight is 583 g/mol. The fourth-order valence-electron chi connectivity index (χ4n) is 5.28. The fourth-order valence-corrected chi connectivity index (χ4v) is 7.46. The highest BCUT2D eigenvalue weighted by molar-refractivity contribution is 7.18. The molecule has 1 fully saturated rings. The number of imidazole rings is 1. The lowest BCUT2D eigenvalue weighted by Crippen LogP contribution is -2.63. The Morgan fingerprint density at radius 2 is 1.95 bits per heavy atom. The standard InChI is InChI=1S/C28H34N4O6SSi/c1-14-19(23(27(36)37)32-22(14)20(15(2)33)25(32)35)18-11-31-13-30-21(26(31)39-18)24(34)17-8-16(9-29-10-17)12-38-40(6,7)28(3,4)5/h8-11,13-15,20,22,33H,12H2,1-7H3,(H,36,37)/t14-,15+,20+,22+/m0/s1. The molecule has 5 rings (SSSR count). The lowest BCUT2D eigenvalue weighted by Gasteiger charge is -2.46. The molecule has 1 saturated heterocycles. The van der Waals surface area contributed by atoms with E-state index in [4.69, 9.17) is 4.43 Å². The highest BCUT2D eigenvalue weighted by Gasteiger charge is 2.60. The predicted molar refractivity (Wildman–Crippen MR) is 152 cm³/mol. The molecular formula is C28H34N4O6SSi. The number of thiazole rings is 1. The highest BCUT2D eigenvalue weighted by Crippen LogP contribution is 2.51. The molecule has 12 heteroatoms. The van der Waals surface area contributed by atoms with Gasteiger partial charge in [0, 0.05) is 35.6 Å². The summed E-state index contributed by atoms with van der Waals surface area (Å²) in [6, 6.07) is 1.36. The van der Waals surface area contributed by atoms with Crippen molar-refractivity contribution in [3.8, 4) is 0 Å². The molecule has 3 aromatic rings. The number of aliphatic hydroxyl groups excluding tert-OH is 1. The summed E-state index contributed by atoms with van der Waals surface area (Å²) in [5, 5.41) is 20.2. The third-order valence-corrected chi connectivity index (χ3v) is 14.2. The number of aromatic nitrogens is 3. The summed E-state index contributed by atoms with van der Waals surface area (Å²) in [5.74, 6) is -2.83. The smallest absolute Gasteiger partial charge is 0.352 e. The Balaban J connectivity index is 1.45. The van der Waals surface area contributed by atoms with Crippen LogP contribution in [-0.4, -0.2) is 67.6 Å². The number of aliphatic carboxylic acids is 1. The zero-order chi connectivity index (χ0) is 29.3. The van der Waals surface area contributed by atoms with Crippen LogP contribution in [0.1, 0.15) is 61.1 Å². The fraction of sp³-hybridized carbons (Fsp3) is 0.464. The van der Waals surface area contributed by atoms with Crippen molar-refractivity contribution in [2.75, 3.05) is 0 Å². The molecular weight excluding hydrogens is 548 g/mol. The molecule has 0 aromatic carbocycles. The maximum Gasteiger partial charge on any atom is 0.352 e. The molecule has 3 aromatic heterocycles. The van der Waals surface area contributed by atoms with E-state index in [9.17, 15) is 24.6 Å². The quantitative estimate of drug-likeness (QED) is 0.229. The van der Waals surface area contributed by atoms with Crippen LogP contribution in [0, 0.1) is 11.8 Å². The van der Waals surface area contributed by atoms with Gasteiger partial charge in [0.2, 0.25) is 11.7 Å². The molecule has 0 aliphatic carbocycles. The summed E-state index contributed by atoms with van der Waals surface area (Å²) in [6.07, 6.45) is 5.60. The van der Waals surface area contributed by atoms with E-state index >= 15 is 0 Å². The van der Waals surface area contributed by atoms with Crippen LogP contribution in [0.4, 0.5) is 0 Å². The Morgan fingerprint density at radius 1 is 1.25 bits per heavy atom. The summed E-state index contributed by atoms with van der Waals surface area (Å²) in [7, 11) is -1.98. The number of carbonyl (C=O) groups is 3. The van der Waals surface area contributed by atoms with E-state index in [0.29, 0.717) is 27.5 Å². The highest BCUT2D eigenvalue weighted by atomic mass is 32.1. The number of hydrogen-bond donors (Lipinski definition) is 2. The van der Waals surface area contributed by atoms with Gasteiger partial charge in [0.05, 0.1) is 29.5 Å². The number of carboxylic acids is 1. The summed E-state index contributed by atoms with van der Waals surface area (Å²) in [4.78, 5) is 49.7. The normalized spacial score (nSPS) is 22.1. The Hall–Kier alpha value is -3.19. The first-order valence-electron chi connectivity index (χ1n) is 13.2. The van der Waals surface area contributed by atoms with Gasteiger partial charge in [-0.25, -0.2) is 9.78 Å². The van der Waals surface area contributed by atoms with Gasteiger partial charge < -0.3 is 19.5 Å². The second-order valence-electron chi connectivity index (χ2n) is 12.2. The molecule has 2 aliphatic rings. The van der Waals surface area contributed by atoms with E-state index < -0.39 is 32.4 Å². The molecule has 4 atom stereocenters. The molecule has 0 radical (unpaired) electrons. The van der Waals surface area contributed by atoms with Gasteiger partial charge in [-0.1, -0.05) is 27.7 Å². The van der Waals surface area contributed by atoms with Crippen molar-refractivity contribution >= 4 is 47.7 Å². The molecule has 2 N–H and O–H groups in total. The largest absolute Gasteiger partial charge is 0.477 e. The van der Waals surface area contributed by atoms with Crippen LogP contribution in [0.2, 0.25) is 18.1 Å². The van der Waals surface area contributed by atoms with Crippen LogP contribution in [0.15, 0.2) is 36.7 Å². The minimum atomic E-state index is -1.98. The Kier molecular flexibility index (Phi) is 6.89. The van der Waals surface area contributed by atoms with Crippen LogP contribution >= 0.6 is 11.3 Å². The van der Waals surface area contributed by atoms with Gasteiger partial charge in [-0.15, -0.1) is 11.3 Å². The monoisotopic (exact) mass is 582 g/mol. The minimum absolute atomic E-state index is 0.0562.